The van der Waals surface area contributed by atoms with Crippen LogP contribution in [0.15, 0.2) is 21.5 Å². The average molecular weight is 237 g/mol. The van der Waals surface area contributed by atoms with Gasteiger partial charge in [0.1, 0.15) is 18.5 Å². The molecule has 0 amide bonds. The van der Waals surface area contributed by atoms with Gasteiger partial charge in [-0.25, -0.2) is 4.99 Å². The van der Waals surface area contributed by atoms with Crippen LogP contribution in [0.1, 0.15) is 45.3 Å². The van der Waals surface area contributed by atoms with Crippen LogP contribution in [-0.4, -0.2) is 23.2 Å². The molecule has 1 aromatic heterocycles. The number of ether oxygens (including phenoxy) is 1. The van der Waals surface area contributed by atoms with Crippen LogP contribution in [-0.2, 0) is 4.74 Å². The van der Waals surface area contributed by atoms with Gasteiger partial charge < -0.3 is 14.3 Å². The van der Waals surface area contributed by atoms with E-state index in [2.05, 4.69) is 4.99 Å². The first-order valence-electron chi connectivity index (χ1n) is 5.90. The molecule has 2 heterocycles. The predicted molar refractivity (Wildman–Crippen MR) is 65.1 cm³/mol. The average Bonchev–Trinajstić information content (AvgIpc) is 2.82. The Labute approximate surface area is 101 Å². The number of hydrogen-bond donors (Lipinski definition) is 1. The summed E-state index contributed by atoms with van der Waals surface area (Å²) in [4.78, 5) is 4.43. The number of aliphatic hydroxyl groups excluding tert-OH is 1. The van der Waals surface area contributed by atoms with Crippen molar-refractivity contribution in [3.63, 3.8) is 0 Å². The first-order valence-corrected chi connectivity index (χ1v) is 5.90. The molecule has 0 fully saturated rings. The predicted octanol–water partition coefficient (Wildman–Crippen LogP) is 2.52. The van der Waals surface area contributed by atoms with Gasteiger partial charge in [0.05, 0.1) is 5.54 Å². The quantitative estimate of drug-likeness (QED) is 0.878. The molecule has 94 valence electrons. The number of aliphatic hydroxyl groups is 1. The Kier molecular flexibility index (Phi) is 3.00. The van der Waals surface area contributed by atoms with E-state index in [4.69, 9.17) is 9.15 Å². The lowest BCUT2D eigenvalue weighted by molar-refractivity contribution is 0.102. The van der Waals surface area contributed by atoms with Crippen LogP contribution in [0.25, 0.3) is 0 Å². The molecule has 1 aromatic rings. The summed E-state index contributed by atoms with van der Waals surface area (Å²) < 4.78 is 11.1. The highest BCUT2D eigenvalue weighted by Crippen LogP contribution is 2.26. The van der Waals surface area contributed by atoms with Gasteiger partial charge in [0, 0.05) is 0 Å². The van der Waals surface area contributed by atoms with Crippen molar-refractivity contribution in [2.24, 2.45) is 10.9 Å². The van der Waals surface area contributed by atoms with E-state index in [1.54, 1.807) is 12.1 Å². The Morgan fingerprint density at radius 3 is 2.59 bits per heavy atom. The molecule has 4 heteroatoms. The molecular formula is C13H19NO3. The topological polar surface area (TPSA) is 55.0 Å². The van der Waals surface area contributed by atoms with Gasteiger partial charge in [-0.1, -0.05) is 13.8 Å². The summed E-state index contributed by atoms with van der Waals surface area (Å²) in [6, 6.07) is 3.57. The molecule has 1 unspecified atom stereocenters. The van der Waals surface area contributed by atoms with E-state index >= 15 is 0 Å². The molecule has 1 aliphatic rings. The lowest BCUT2D eigenvalue weighted by Gasteiger charge is -2.10. The lowest BCUT2D eigenvalue weighted by Crippen LogP contribution is -2.17. The molecule has 0 bridgehead atoms. The second-order valence-corrected chi connectivity index (χ2v) is 5.41. The molecule has 0 saturated heterocycles. The van der Waals surface area contributed by atoms with Crippen molar-refractivity contribution in [2.75, 3.05) is 6.61 Å². The number of aliphatic imine (C=N–C) groups is 1. The smallest absolute Gasteiger partial charge is 0.253 e. The lowest BCUT2D eigenvalue weighted by atomic mass is 10.1. The number of hydrogen-bond acceptors (Lipinski definition) is 4. The zero-order valence-corrected chi connectivity index (χ0v) is 10.7. The van der Waals surface area contributed by atoms with Crippen LogP contribution in [0.5, 0.6) is 0 Å². The molecule has 0 spiro atoms. The van der Waals surface area contributed by atoms with Crippen LogP contribution >= 0.6 is 0 Å². The summed E-state index contributed by atoms with van der Waals surface area (Å²) in [7, 11) is 0. The third-order valence-corrected chi connectivity index (χ3v) is 2.73. The second kappa shape index (κ2) is 4.18. The molecule has 17 heavy (non-hydrogen) atoms. The van der Waals surface area contributed by atoms with Crippen LogP contribution in [0, 0.1) is 5.92 Å². The van der Waals surface area contributed by atoms with Gasteiger partial charge in [0.15, 0.2) is 5.76 Å². The third-order valence-electron chi connectivity index (χ3n) is 2.73. The van der Waals surface area contributed by atoms with E-state index in [1.165, 1.54) is 0 Å². The van der Waals surface area contributed by atoms with Crippen molar-refractivity contribution >= 4 is 5.90 Å². The summed E-state index contributed by atoms with van der Waals surface area (Å²) >= 11 is 0. The maximum absolute atomic E-state index is 9.88. The van der Waals surface area contributed by atoms with Crippen molar-refractivity contribution in [1.29, 1.82) is 0 Å². The molecule has 1 atom stereocenters. The first kappa shape index (κ1) is 12.2. The molecule has 1 N–H and O–H groups in total. The normalized spacial score (nSPS) is 20.2. The second-order valence-electron chi connectivity index (χ2n) is 5.41. The van der Waals surface area contributed by atoms with Crippen LogP contribution in [0.4, 0.5) is 0 Å². The fourth-order valence-corrected chi connectivity index (χ4v) is 1.67. The summed E-state index contributed by atoms with van der Waals surface area (Å²) in [5, 5.41) is 9.88. The minimum Gasteiger partial charge on any atom is -0.473 e. The summed E-state index contributed by atoms with van der Waals surface area (Å²) in [5.74, 6) is 1.80. The van der Waals surface area contributed by atoms with Gasteiger partial charge >= 0.3 is 0 Å². The SMILES string of the molecule is CC(C)C(O)c1ccc(C2=NC(C)(C)CO2)o1. The number of nitrogens with zero attached hydrogens (tertiary/aromatic N) is 1. The fraction of sp³-hybridized carbons (Fsp3) is 0.615. The highest BCUT2D eigenvalue weighted by Gasteiger charge is 2.29. The minimum absolute atomic E-state index is 0.122. The summed E-state index contributed by atoms with van der Waals surface area (Å²) in [6.45, 7) is 8.46. The van der Waals surface area contributed by atoms with E-state index in [9.17, 15) is 5.11 Å². The van der Waals surface area contributed by atoms with Crippen LogP contribution in [0.2, 0.25) is 0 Å². The largest absolute Gasteiger partial charge is 0.473 e. The highest BCUT2D eigenvalue weighted by molar-refractivity contribution is 5.92. The van der Waals surface area contributed by atoms with Crippen molar-refractivity contribution in [1.82, 2.24) is 0 Å². The van der Waals surface area contributed by atoms with Gasteiger partial charge in [-0.05, 0) is 31.9 Å². The third kappa shape index (κ3) is 2.52. The molecule has 2 rings (SSSR count). The van der Waals surface area contributed by atoms with E-state index in [0.29, 0.717) is 24.0 Å². The molecule has 4 nitrogen and oxygen atoms in total. The molecule has 0 radical (unpaired) electrons. The maximum Gasteiger partial charge on any atom is 0.253 e. The van der Waals surface area contributed by atoms with Gasteiger partial charge in [0.2, 0.25) is 0 Å². The maximum atomic E-state index is 9.88. The van der Waals surface area contributed by atoms with Gasteiger partial charge in [-0.3, -0.25) is 0 Å². The monoisotopic (exact) mass is 237 g/mol. The van der Waals surface area contributed by atoms with Crippen molar-refractivity contribution in [2.45, 2.75) is 39.3 Å². The highest BCUT2D eigenvalue weighted by atomic mass is 16.5. The zero-order valence-electron chi connectivity index (χ0n) is 10.7. The Hall–Kier alpha value is -1.29. The van der Waals surface area contributed by atoms with Gasteiger partial charge in [0.25, 0.3) is 5.90 Å². The molecule has 0 saturated carbocycles. The molecular weight excluding hydrogens is 218 g/mol. The molecule has 0 aliphatic carbocycles. The fourth-order valence-electron chi connectivity index (χ4n) is 1.67. The van der Waals surface area contributed by atoms with Crippen molar-refractivity contribution in [3.05, 3.63) is 23.7 Å². The standard InChI is InChI=1S/C13H19NO3/c1-8(2)11(15)9-5-6-10(17-9)12-14-13(3,4)7-16-12/h5-6,8,11,15H,7H2,1-4H3. The molecule has 0 aromatic carbocycles. The van der Waals surface area contributed by atoms with E-state index in [0.717, 1.165) is 0 Å². The number of rotatable bonds is 3. The number of furan rings is 1. The Balaban J connectivity index is 2.20. The van der Waals surface area contributed by atoms with Crippen molar-refractivity contribution in [3.8, 4) is 0 Å². The van der Waals surface area contributed by atoms with Gasteiger partial charge in [-0.15, -0.1) is 0 Å². The van der Waals surface area contributed by atoms with E-state index in [1.807, 2.05) is 27.7 Å². The summed E-state index contributed by atoms with van der Waals surface area (Å²) in [6.07, 6.45) is -0.584. The van der Waals surface area contributed by atoms with E-state index < -0.39 is 6.10 Å². The summed E-state index contributed by atoms with van der Waals surface area (Å²) in [5.41, 5.74) is -0.195. The minimum atomic E-state index is -0.584. The van der Waals surface area contributed by atoms with Crippen molar-refractivity contribution < 1.29 is 14.3 Å². The first-order chi connectivity index (χ1) is 7.89. The van der Waals surface area contributed by atoms with Gasteiger partial charge in [-0.2, -0.15) is 0 Å². The molecule has 1 aliphatic heterocycles. The Morgan fingerprint density at radius 2 is 2.06 bits per heavy atom. The van der Waals surface area contributed by atoms with Crippen LogP contribution < -0.4 is 0 Å². The van der Waals surface area contributed by atoms with E-state index in [-0.39, 0.29) is 11.5 Å². The van der Waals surface area contributed by atoms with Crippen LogP contribution in [0.3, 0.4) is 0 Å². The Bertz CT molecular complexity index is 432. The Morgan fingerprint density at radius 1 is 1.35 bits per heavy atom. The zero-order chi connectivity index (χ0) is 12.6.